The van der Waals surface area contributed by atoms with Gasteiger partial charge < -0.3 is 14.6 Å². The molecule has 224 valence electrons. The summed E-state index contributed by atoms with van der Waals surface area (Å²) in [6, 6.07) is 12.1. The largest absolute Gasteiger partial charge is 0.492 e. The lowest BCUT2D eigenvalue weighted by Gasteiger charge is -2.41. The molecule has 1 saturated heterocycles. The van der Waals surface area contributed by atoms with Crippen LogP contribution in [0.5, 0.6) is 11.5 Å². The van der Waals surface area contributed by atoms with E-state index < -0.39 is 27.7 Å². The van der Waals surface area contributed by atoms with Crippen molar-refractivity contribution in [3.63, 3.8) is 0 Å². The van der Waals surface area contributed by atoms with Crippen LogP contribution in [0.2, 0.25) is 0 Å². The van der Waals surface area contributed by atoms with Gasteiger partial charge in [0, 0.05) is 20.0 Å². The molecule has 2 aromatic rings. The zero-order valence-electron chi connectivity index (χ0n) is 24.0. The molecule has 0 aromatic heterocycles. The first-order chi connectivity index (χ1) is 19.6. The molecule has 1 aliphatic rings. The number of aliphatic hydroxyl groups is 1. The van der Waals surface area contributed by atoms with Crippen LogP contribution in [0.3, 0.4) is 0 Å². The van der Waals surface area contributed by atoms with Gasteiger partial charge >= 0.3 is 0 Å². The summed E-state index contributed by atoms with van der Waals surface area (Å²) in [5.41, 5.74) is -0.167. The number of likely N-dealkylation sites (tertiary alicyclic amines) is 1. The first-order valence-electron chi connectivity index (χ1n) is 13.4. The highest BCUT2D eigenvalue weighted by molar-refractivity contribution is 7.89. The lowest BCUT2D eigenvalue weighted by molar-refractivity contribution is -0.143. The zero-order valence-corrected chi connectivity index (χ0v) is 24.9. The van der Waals surface area contributed by atoms with Crippen molar-refractivity contribution < 1.29 is 33.0 Å². The Morgan fingerprint density at radius 1 is 1.05 bits per heavy atom. The highest BCUT2D eigenvalue weighted by Gasteiger charge is 2.51. The Balaban J connectivity index is 1.97. The smallest absolute Gasteiger partial charge is 0.269 e. The second kappa shape index (κ2) is 14.6. The van der Waals surface area contributed by atoms with E-state index >= 15 is 0 Å². The van der Waals surface area contributed by atoms with Gasteiger partial charge in [-0.05, 0) is 88.9 Å². The number of benzene rings is 2. The molecular weight excluding hydrogens is 548 g/mol. The predicted molar refractivity (Wildman–Crippen MR) is 154 cm³/mol. The fourth-order valence-corrected chi connectivity index (χ4v) is 6.19. The first kappa shape index (κ1) is 32.3. The fraction of sp³-hybridized carbons (Fsp3) is 0.483. The summed E-state index contributed by atoms with van der Waals surface area (Å²) in [6.45, 7) is 5.24. The van der Waals surface area contributed by atoms with E-state index in [0.717, 1.165) is 23.9 Å². The highest BCUT2D eigenvalue weighted by atomic mass is 32.2. The minimum Gasteiger partial charge on any atom is -0.492 e. The first-order valence-corrected chi connectivity index (χ1v) is 14.9. The summed E-state index contributed by atoms with van der Waals surface area (Å²) >= 11 is 0. The van der Waals surface area contributed by atoms with Gasteiger partial charge in [-0.3, -0.25) is 19.8 Å². The quantitative estimate of drug-likeness (QED) is 0.131. The highest BCUT2D eigenvalue weighted by Crippen LogP contribution is 2.38. The Bertz CT molecular complexity index is 1300. The molecule has 2 atom stereocenters. The van der Waals surface area contributed by atoms with Gasteiger partial charge in [-0.15, -0.1) is 5.92 Å². The molecular formula is C29H40N4O7S. The summed E-state index contributed by atoms with van der Waals surface area (Å²) in [7, 11) is 0.103. The minimum atomic E-state index is -4.34. The topological polar surface area (TPSA) is 132 Å². The molecule has 11 nitrogen and oxygen atoms in total. The van der Waals surface area contributed by atoms with Crippen LogP contribution in [0.15, 0.2) is 53.4 Å². The second-order valence-electron chi connectivity index (χ2n) is 10.0. The van der Waals surface area contributed by atoms with E-state index in [1.165, 1.54) is 49.1 Å². The van der Waals surface area contributed by atoms with Crippen LogP contribution in [-0.4, -0.2) is 99.0 Å². The van der Waals surface area contributed by atoms with Crippen LogP contribution in [0.25, 0.3) is 0 Å². The van der Waals surface area contributed by atoms with E-state index in [9.17, 15) is 23.5 Å². The predicted octanol–water partition coefficient (Wildman–Crippen LogP) is 1.85. The van der Waals surface area contributed by atoms with E-state index in [2.05, 4.69) is 16.7 Å². The van der Waals surface area contributed by atoms with Gasteiger partial charge in [-0.1, -0.05) is 18.1 Å². The standard InChI is InChI=1S/C29H40N4O7S/c1-5-6-20-39-25-13-15-26(16-14-25)41(37,38)32(4)29(28(35)30-36,22-27(34)31(2)3)23-9-11-24(12-10-23)40-21-19-33-17-7-8-18-33/h9-16,27,34,36H,7-8,17-22H2,1-4H3,(H,30,35). The maximum Gasteiger partial charge on any atom is 0.269 e. The van der Waals surface area contributed by atoms with Gasteiger partial charge in [0.2, 0.25) is 10.0 Å². The SMILES string of the molecule is CC#CCOc1ccc(S(=O)(=O)N(C)C(CC(O)N(C)C)(C(=O)NO)c2ccc(OCCN3CCCC3)cc2)cc1. The number of carbonyl (C=O) groups is 1. The van der Waals surface area contributed by atoms with Crippen molar-refractivity contribution in [3.05, 3.63) is 54.1 Å². The van der Waals surface area contributed by atoms with Gasteiger partial charge in [0.25, 0.3) is 5.91 Å². The van der Waals surface area contributed by atoms with Crippen LogP contribution < -0.4 is 15.0 Å². The molecule has 0 bridgehead atoms. The van der Waals surface area contributed by atoms with Crippen LogP contribution in [0.1, 0.15) is 31.7 Å². The Morgan fingerprint density at radius 2 is 1.63 bits per heavy atom. The zero-order chi connectivity index (χ0) is 30.0. The minimum absolute atomic E-state index is 0.106. The molecule has 1 amide bonds. The van der Waals surface area contributed by atoms with Crippen molar-refractivity contribution >= 4 is 15.9 Å². The van der Waals surface area contributed by atoms with E-state index in [1.807, 2.05) is 0 Å². The van der Waals surface area contributed by atoms with Crippen molar-refractivity contribution in [3.8, 4) is 23.3 Å². The third-order valence-corrected chi connectivity index (χ3v) is 9.17. The third kappa shape index (κ3) is 7.77. The molecule has 12 heteroatoms. The van der Waals surface area contributed by atoms with Crippen molar-refractivity contribution in [2.24, 2.45) is 0 Å². The number of rotatable bonds is 14. The van der Waals surface area contributed by atoms with Gasteiger partial charge in [-0.2, -0.15) is 4.31 Å². The summed E-state index contributed by atoms with van der Waals surface area (Å²) < 4.78 is 40.1. The number of nitrogens with one attached hydrogen (secondary N) is 1. The van der Waals surface area contributed by atoms with Crippen LogP contribution in [0, 0.1) is 11.8 Å². The number of amides is 1. The molecule has 0 saturated carbocycles. The van der Waals surface area contributed by atoms with Gasteiger partial charge in [0.05, 0.1) is 4.90 Å². The molecule has 2 unspecified atom stereocenters. The Hall–Kier alpha value is -3.18. The van der Waals surface area contributed by atoms with Gasteiger partial charge in [0.1, 0.15) is 36.5 Å². The van der Waals surface area contributed by atoms with E-state index in [1.54, 1.807) is 50.8 Å². The Kier molecular flexibility index (Phi) is 11.5. The molecule has 1 heterocycles. The molecule has 0 spiro atoms. The van der Waals surface area contributed by atoms with Crippen molar-refractivity contribution in [2.75, 3.05) is 54.0 Å². The lowest BCUT2D eigenvalue weighted by atomic mass is 9.84. The molecule has 2 aromatic carbocycles. The third-order valence-electron chi connectivity index (χ3n) is 7.27. The van der Waals surface area contributed by atoms with Crippen LogP contribution in [0.4, 0.5) is 0 Å². The molecule has 1 aliphatic heterocycles. The van der Waals surface area contributed by atoms with Crippen LogP contribution >= 0.6 is 0 Å². The van der Waals surface area contributed by atoms with Crippen LogP contribution in [-0.2, 0) is 20.4 Å². The van der Waals surface area contributed by atoms with Crippen molar-refractivity contribution in [1.29, 1.82) is 0 Å². The number of carbonyl (C=O) groups excluding carboxylic acids is 1. The Morgan fingerprint density at radius 3 is 2.20 bits per heavy atom. The molecule has 0 aliphatic carbocycles. The molecule has 0 radical (unpaired) electrons. The van der Waals surface area contributed by atoms with E-state index in [4.69, 9.17) is 9.47 Å². The number of hydrogen-bond donors (Lipinski definition) is 3. The number of aliphatic hydroxyl groups excluding tert-OH is 1. The Labute approximate surface area is 242 Å². The number of ether oxygens (including phenoxy) is 2. The maximum absolute atomic E-state index is 13.9. The number of sulfonamides is 1. The molecule has 41 heavy (non-hydrogen) atoms. The number of likely N-dealkylation sites (N-methyl/N-ethyl adjacent to an activating group) is 1. The molecule has 3 rings (SSSR count). The monoisotopic (exact) mass is 588 g/mol. The van der Waals surface area contributed by atoms with E-state index in [-0.39, 0.29) is 23.5 Å². The second-order valence-corrected chi connectivity index (χ2v) is 12.0. The van der Waals surface area contributed by atoms with Crippen molar-refractivity contribution in [2.45, 2.75) is 42.8 Å². The van der Waals surface area contributed by atoms with Gasteiger partial charge in [-0.25, -0.2) is 13.9 Å². The summed E-state index contributed by atoms with van der Waals surface area (Å²) in [5.74, 6) is 5.44. The van der Waals surface area contributed by atoms with Crippen molar-refractivity contribution in [1.82, 2.24) is 19.6 Å². The number of hydrogen-bond acceptors (Lipinski definition) is 9. The fourth-order valence-electron chi connectivity index (χ4n) is 4.72. The number of hydroxylamine groups is 1. The summed E-state index contributed by atoms with van der Waals surface area (Å²) in [4.78, 5) is 17.1. The maximum atomic E-state index is 13.9. The van der Waals surface area contributed by atoms with Gasteiger partial charge in [0.15, 0.2) is 0 Å². The average molecular weight is 589 g/mol. The van der Waals surface area contributed by atoms with E-state index in [0.29, 0.717) is 18.1 Å². The number of nitrogens with zero attached hydrogens (tertiary/aromatic N) is 3. The average Bonchev–Trinajstić information content (AvgIpc) is 3.49. The lowest BCUT2D eigenvalue weighted by Crippen LogP contribution is -2.58. The normalized spacial score (nSPS) is 16.1. The molecule has 3 N–H and O–H groups in total. The summed E-state index contributed by atoms with van der Waals surface area (Å²) in [6.07, 6.45) is 0.751. The molecule has 1 fully saturated rings. The summed E-state index contributed by atoms with van der Waals surface area (Å²) in [5, 5.41) is 20.7.